The summed E-state index contributed by atoms with van der Waals surface area (Å²) in [5, 5.41) is 0. The van der Waals surface area contributed by atoms with Gasteiger partial charge in [-0.25, -0.2) is 0 Å². The molecule has 0 atom stereocenters. The third kappa shape index (κ3) is 2.03. The van der Waals surface area contributed by atoms with Gasteiger partial charge in [-0.1, -0.05) is 6.42 Å². The third-order valence-corrected chi connectivity index (χ3v) is 2.77. The summed E-state index contributed by atoms with van der Waals surface area (Å²) < 4.78 is 5.04. The second-order valence-electron chi connectivity index (χ2n) is 3.56. The molecule has 0 heterocycles. The third-order valence-electron chi connectivity index (χ3n) is 2.77. The average molecular weight is 180 g/mol. The molecule has 2 heteroatoms. The van der Waals surface area contributed by atoms with Crippen LogP contribution in [0, 0.1) is 17.8 Å². The SMILES string of the molecule is C#CCCC1(C(=O)OCC)CCC1. The molecule has 2 nitrogen and oxygen atoms in total. The summed E-state index contributed by atoms with van der Waals surface area (Å²) >= 11 is 0. The number of rotatable bonds is 4. The Bertz CT molecular complexity index is 221. The van der Waals surface area contributed by atoms with E-state index in [0.29, 0.717) is 13.0 Å². The van der Waals surface area contributed by atoms with Crippen molar-refractivity contribution in [1.82, 2.24) is 0 Å². The number of terminal acetylenes is 1. The first kappa shape index (κ1) is 10.1. The molecule has 0 aromatic carbocycles. The lowest BCUT2D eigenvalue weighted by Crippen LogP contribution is -2.39. The maximum atomic E-state index is 11.6. The van der Waals surface area contributed by atoms with Gasteiger partial charge in [-0.3, -0.25) is 4.79 Å². The van der Waals surface area contributed by atoms with Crippen LogP contribution in [0.5, 0.6) is 0 Å². The van der Waals surface area contributed by atoms with E-state index in [0.717, 1.165) is 25.7 Å². The molecular weight excluding hydrogens is 164 g/mol. The quantitative estimate of drug-likeness (QED) is 0.489. The number of ether oxygens (including phenoxy) is 1. The van der Waals surface area contributed by atoms with E-state index in [4.69, 9.17) is 11.2 Å². The highest BCUT2D eigenvalue weighted by molar-refractivity contribution is 5.77. The first-order valence-corrected chi connectivity index (χ1v) is 4.86. The number of carbonyl (C=O) groups excluding carboxylic acids is 1. The summed E-state index contributed by atoms with van der Waals surface area (Å²) in [6, 6.07) is 0. The van der Waals surface area contributed by atoms with Crippen LogP contribution in [0.25, 0.3) is 0 Å². The lowest BCUT2D eigenvalue weighted by Gasteiger charge is -2.38. The zero-order chi connectivity index (χ0) is 9.73. The average Bonchev–Trinajstić information content (AvgIpc) is 2.03. The number of esters is 1. The van der Waals surface area contributed by atoms with E-state index in [9.17, 15) is 4.79 Å². The van der Waals surface area contributed by atoms with Gasteiger partial charge in [0.15, 0.2) is 0 Å². The smallest absolute Gasteiger partial charge is 0.312 e. The van der Waals surface area contributed by atoms with Crippen LogP contribution in [0.15, 0.2) is 0 Å². The topological polar surface area (TPSA) is 26.3 Å². The molecule has 0 unspecified atom stereocenters. The summed E-state index contributed by atoms with van der Waals surface area (Å²) in [5.41, 5.74) is -0.220. The van der Waals surface area contributed by atoms with Crippen molar-refractivity contribution < 1.29 is 9.53 Å². The fourth-order valence-electron chi connectivity index (χ4n) is 1.76. The van der Waals surface area contributed by atoms with Gasteiger partial charge >= 0.3 is 5.97 Å². The first-order valence-electron chi connectivity index (χ1n) is 4.86. The van der Waals surface area contributed by atoms with E-state index in [1.54, 1.807) is 0 Å². The standard InChI is InChI=1S/C11H16O2/c1-3-5-7-11(8-6-9-11)10(12)13-4-2/h1H,4-9H2,2H3. The summed E-state index contributed by atoms with van der Waals surface area (Å²) in [6.07, 6.45) is 9.69. The minimum Gasteiger partial charge on any atom is -0.466 e. The highest BCUT2D eigenvalue weighted by atomic mass is 16.5. The van der Waals surface area contributed by atoms with Crippen molar-refractivity contribution in [3.05, 3.63) is 0 Å². The van der Waals surface area contributed by atoms with E-state index >= 15 is 0 Å². The predicted molar refractivity (Wildman–Crippen MR) is 51.0 cm³/mol. The highest BCUT2D eigenvalue weighted by Gasteiger charge is 2.44. The van der Waals surface area contributed by atoms with Crippen LogP contribution in [0.4, 0.5) is 0 Å². The molecule has 0 aromatic rings. The van der Waals surface area contributed by atoms with Gasteiger partial charge in [0.1, 0.15) is 0 Å². The summed E-state index contributed by atoms with van der Waals surface area (Å²) in [6.45, 7) is 2.31. The van der Waals surface area contributed by atoms with Crippen LogP contribution >= 0.6 is 0 Å². The minimum absolute atomic E-state index is 0.0449. The van der Waals surface area contributed by atoms with Crippen molar-refractivity contribution in [3.8, 4) is 12.3 Å². The second-order valence-corrected chi connectivity index (χ2v) is 3.56. The Labute approximate surface area is 79.7 Å². The Hall–Kier alpha value is -0.970. The molecule has 0 aliphatic heterocycles. The van der Waals surface area contributed by atoms with Crippen molar-refractivity contribution in [1.29, 1.82) is 0 Å². The highest BCUT2D eigenvalue weighted by Crippen LogP contribution is 2.45. The Morgan fingerprint density at radius 3 is 2.69 bits per heavy atom. The van der Waals surface area contributed by atoms with Gasteiger partial charge in [0.25, 0.3) is 0 Å². The number of carbonyl (C=O) groups is 1. The van der Waals surface area contributed by atoms with E-state index in [-0.39, 0.29) is 11.4 Å². The monoisotopic (exact) mass is 180 g/mol. The van der Waals surface area contributed by atoms with Crippen LogP contribution < -0.4 is 0 Å². The molecule has 1 aliphatic rings. The van der Waals surface area contributed by atoms with E-state index in [2.05, 4.69) is 5.92 Å². The molecular formula is C11H16O2. The molecule has 0 aromatic heterocycles. The molecule has 1 rings (SSSR count). The van der Waals surface area contributed by atoms with Gasteiger partial charge in [0, 0.05) is 6.42 Å². The zero-order valence-electron chi connectivity index (χ0n) is 8.14. The minimum atomic E-state index is -0.220. The Balaban J connectivity index is 2.49. The van der Waals surface area contributed by atoms with Gasteiger partial charge < -0.3 is 4.74 Å². The lowest BCUT2D eigenvalue weighted by atomic mass is 9.66. The second kappa shape index (κ2) is 4.32. The maximum absolute atomic E-state index is 11.6. The largest absolute Gasteiger partial charge is 0.466 e. The molecule has 0 amide bonds. The van der Waals surface area contributed by atoms with Crippen LogP contribution in [-0.4, -0.2) is 12.6 Å². The van der Waals surface area contributed by atoms with Crippen molar-refractivity contribution >= 4 is 5.97 Å². The summed E-state index contributed by atoms with van der Waals surface area (Å²) in [4.78, 5) is 11.6. The van der Waals surface area contributed by atoms with Gasteiger partial charge in [0.2, 0.25) is 0 Å². The Kier molecular flexibility index (Phi) is 3.36. The fraction of sp³-hybridized carbons (Fsp3) is 0.727. The van der Waals surface area contributed by atoms with E-state index in [1.807, 2.05) is 6.92 Å². The molecule has 0 bridgehead atoms. The van der Waals surface area contributed by atoms with Crippen molar-refractivity contribution in [2.45, 2.75) is 39.0 Å². The Morgan fingerprint density at radius 1 is 1.62 bits per heavy atom. The van der Waals surface area contributed by atoms with E-state index in [1.165, 1.54) is 0 Å². The molecule has 72 valence electrons. The van der Waals surface area contributed by atoms with Crippen LogP contribution in [0.2, 0.25) is 0 Å². The molecule has 0 radical (unpaired) electrons. The predicted octanol–water partition coefficient (Wildman–Crippen LogP) is 2.13. The van der Waals surface area contributed by atoms with Gasteiger partial charge in [-0.05, 0) is 26.2 Å². The van der Waals surface area contributed by atoms with Crippen LogP contribution in [0.3, 0.4) is 0 Å². The van der Waals surface area contributed by atoms with Crippen LogP contribution in [0.1, 0.15) is 39.0 Å². The maximum Gasteiger partial charge on any atom is 0.312 e. The molecule has 1 aliphatic carbocycles. The molecule has 0 saturated heterocycles. The van der Waals surface area contributed by atoms with Gasteiger partial charge in [-0.15, -0.1) is 12.3 Å². The number of hydrogen-bond donors (Lipinski definition) is 0. The Morgan fingerprint density at radius 2 is 2.31 bits per heavy atom. The first-order chi connectivity index (χ1) is 6.25. The molecule has 1 fully saturated rings. The molecule has 0 spiro atoms. The zero-order valence-corrected chi connectivity index (χ0v) is 8.14. The molecule has 13 heavy (non-hydrogen) atoms. The van der Waals surface area contributed by atoms with Crippen molar-refractivity contribution in [2.75, 3.05) is 6.61 Å². The normalized spacial score (nSPS) is 18.5. The summed E-state index contributed by atoms with van der Waals surface area (Å²) in [7, 11) is 0. The van der Waals surface area contributed by atoms with Crippen molar-refractivity contribution in [3.63, 3.8) is 0 Å². The molecule has 0 N–H and O–H groups in total. The lowest BCUT2D eigenvalue weighted by molar-refractivity contribution is -0.161. The fourth-order valence-corrected chi connectivity index (χ4v) is 1.76. The van der Waals surface area contributed by atoms with Crippen LogP contribution in [-0.2, 0) is 9.53 Å². The molecule has 1 saturated carbocycles. The van der Waals surface area contributed by atoms with E-state index < -0.39 is 0 Å². The summed E-state index contributed by atoms with van der Waals surface area (Å²) in [5.74, 6) is 2.54. The number of hydrogen-bond acceptors (Lipinski definition) is 2. The van der Waals surface area contributed by atoms with Gasteiger partial charge in [0.05, 0.1) is 12.0 Å². The van der Waals surface area contributed by atoms with Crippen molar-refractivity contribution in [2.24, 2.45) is 5.41 Å². The van der Waals surface area contributed by atoms with Gasteiger partial charge in [-0.2, -0.15) is 0 Å².